The predicted molar refractivity (Wildman–Crippen MR) is 61.8 cm³/mol. The minimum Gasteiger partial charge on any atom is -0.396 e. The summed E-state index contributed by atoms with van der Waals surface area (Å²) in [6.07, 6.45) is 3.36. The van der Waals surface area contributed by atoms with Crippen LogP contribution in [0.5, 0.6) is 0 Å². The molecule has 1 rings (SSSR count). The van der Waals surface area contributed by atoms with E-state index < -0.39 is 0 Å². The molecule has 84 valence electrons. The Kier molecular flexibility index (Phi) is 5.02. The number of rotatable bonds is 5. The molecule has 1 aromatic heterocycles. The van der Waals surface area contributed by atoms with Crippen molar-refractivity contribution in [3.8, 4) is 0 Å². The Labute approximate surface area is 95.5 Å². The summed E-state index contributed by atoms with van der Waals surface area (Å²) in [7, 11) is 0. The molecule has 0 spiro atoms. The molecule has 2 unspecified atom stereocenters. The Bertz CT molecular complexity index is 306. The Morgan fingerprint density at radius 2 is 2.27 bits per heavy atom. The minimum atomic E-state index is 0.193. The van der Waals surface area contributed by atoms with Crippen LogP contribution in [-0.4, -0.2) is 22.7 Å². The van der Waals surface area contributed by atoms with E-state index in [1.807, 2.05) is 13.0 Å². The molecule has 0 saturated heterocycles. The van der Waals surface area contributed by atoms with E-state index in [4.69, 9.17) is 16.7 Å². The summed E-state index contributed by atoms with van der Waals surface area (Å²) in [6, 6.07) is 2.16. The Hall–Kier alpha value is -0.640. The van der Waals surface area contributed by atoms with Gasteiger partial charge >= 0.3 is 0 Å². The molecule has 2 atom stereocenters. The number of pyridine rings is 1. The lowest BCUT2D eigenvalue weighted by atomic mass is 10.1. The molecule has 0 radical (unpaired) electrons. The topological polar surface area (TPSA) is 45.1 Å². The lowest BCUT2D eigenvalue weighted by Crippen LogP contribution is -2.33. The molecule has 0 aromatic carbocycles. The van der Waals surface area contributed by atoms with E-state index in [-0.39, 0.29) is 18.6 Å². The summed E-state index contributed by atoms with van der Waals surface area (Å²) in [6.45, 7) is 4.95. The number of nitrogens with zero attached hydrogens (tertiary/aromatic N) is 1. The van der Waals surface area contributed by atoms with Crippen molar-refractivity contribution < 1.29 is 5.11 Å². The highest BCUT2D eigenvalue weighted by Crippen LogP contribution is 2.13. The molecule has 0 aliphatic rings. The standard InChI is InChI=1S/C11H17ClN2O/c1-8(7-15)9(2)14-5-10-3-4-13-6-11(10)12/h3-4,6,8-9,14-15H,5,7H2,1-2H3. The molecular formula is C11H17ClN2O. The van der Waals surface area contributed by atoms with Crippen molar-refractivity contribution in [1.29, 1.82) is 0 Å². The monoisotopic (exact) mass is 228 g/mol. The van der Waals surface area contributed by atoms with E-state index in [9.17, 15) is 0 Å². The maximum absolute atomic E-state index is 8.98. The van der Waals surface area contributed by atoms with Crippen molar-refractivity contribution in [3.63, 3.8) is 0 Å². The molecule has 0 bridgehead atoms. The van der Waals surface area contributed by atoms with Gasteiger partial charge in [-0.15, -0.1) is 0 Å². The third-order valence-electron chi connectivity index (χ3n) is 2.61. The molecule has 4 heteroatoms. The van der Waals surface area contributed by atoms with Crippen LogP contribution < -0.4 is 5.32 Å². The van der Waals surface area contributed by atoms with Crippen LogP contribution >= 0.6 is 11.6 Å². The van der Waals surface area contributed by atoms with Crippen LogP contribution in [-0.2, 0) is 6.54 Å². The van der Waals surface area contributed by atoms with Gasteiger partial charge in [-0.25, -0.2) is 0 Å². The lowest BCUT2D eigenvalue weighted by molar-refractivity contribution is 0.207. The fraction of sp³-hybridized carbons (Fsp3) is 0.545. The third kappa shape index (κ3) is 3.78. The van der Waals surface area contributed by atoms with Crippen molar-refractivity contribution in [3.05, 3.63) is 29.0 Å². The van der Waals surface area contributed by atoms with Gasteiger partial charge in [0.05, 0.1) is 5.02 Å². The number of hydrogen-bond acceptors (Lipinski definition) is 3. The van der Waals surface area contributed by atoms with Crippen LogP contribution in [0.3, 0.4) is 0 Å². The number of halogens is 1. The summed E-state index contributed by atoms with van der Waals surface area (Å²) in [5, 5.41) is 13.0. The molecular weight excluding hydrogens is 212 g/mol. The van der Waals surface area contributed by atoms with Crippen LogP contribution in [0, 0.1) is 5.92 Å². The highest BCUT2D eigenvalue weighted by atomic mass is 35.5. The maximum atomic E-state index is 8.98. The van der Waals surface area contributed by atoms with E-state index in [0.29, 0.717) is 11.6 Å². The van der Waals surface area contributed by atoms with Crippen LogP contribution in [0.4, 0.5) is 0 Å². The zero-order valence-corrected chi connectivity index (χ0v) is 9.83. The van der Waals surface area contributed by atoms with E-state index in [2.05, 4.69) is 17.2 Å². The fourth-order valence-electron chi connectivity index (χ4n) is 1.18. The van der Waals surface area contributed by atoms with Crippen LogP contribution in [0.25, 0.3) is 0 Å². The average molecular weight is 229 g/mol. The zero-order chi connectivity index (χ0) is 11.3. The van der Waals surface area contributed by atoms with Gasteiger partial charge in [0, 0.05) is 31.6 Å². The highest BCUT2D eigenvalue weighted by molar-refractivity contribution is 6.31. The van der Waals surface area contributed by atoms with Gasteiger partial charge in [-0.2, -0.15) is 0 Å². The second-order valence-electron chi connectivity index (χ2n) is 3.80. The second-order valence-corrected chi connectivity index (χ2v) is 4.20. The molecule has 3 nitrogen and oxygen atoms in total. The predicted octanol–water partition coefficient (Wildman–Crippen LogP) is 1.84. The van der Waals surface area contributed by atoms with Gasteiger partial charge in [-0.1, -0.05) is 18.5 Å². The first-order chi connectivity index (χ1) is 7.15. The average Bonchev–Trinajstić information content (AvgIpc) is 2.26. The van der Waals surface area contributed by atoms with Gasteiger partial charge in [-0.05, 0) is 24.5 Å². The molecule has 0 aliphatic heterocycles. The van der Waals surface area contributed by atoms with Gasteiger partial charge in [0.2, 0.25) is 0 Å². The first-order valence-corrected chi connectivity index (χ1v) is 5.45. The maximum Gasteiger partial charge on any atom is 0.0634 e. The lowest BCUT2D eigenvalue weighted by Gasteiger charge is -2.19. The van der Waals surface area contributed by atoms with Crippen LogP contribution in [0.2, 0.25) is 5.02 Å². The summed E-state index contributed by atoms with van der Waals surface area (Å²) >= 11 is 5.97. The van der Waals surface area contributed by atoms with E-state index in [0.717, 1.165) is 5.56 Å². The van der Waals surface area contributed by atoms with Gasteiger partial charge in [-0.3, -0.25) is 4.98 Å². The Morgan fingerprint density at radius 3 is 2.87 bits per heavy atom. The van der Waals surface area contributed by atoms with Crippen molar-refractivity contribution in [2.24, 2.45) is 5.92 Å². The molecule has 0 fully saturated rings. The first-order valence-electron chi connectivity index (χ1n) is 5.07. The summed E-state index contributed by atoms with van der Waals surface area (Å²) in [5.41, 5.74) is 1.03. The van der Waals surface area contributed by atoms with Crippen LogP contribution in [0.1, 0.15) is 19.4 Å². The van der Waals surface area contributed by atoms with Gasteiger partial charge < -0.3 is 10.4 Å². The van der Waals surface area contributed by atoms with Gasteiger partial charge in [0.25, 0.3) is 0 Å². The van der Waals surface area contributed by atoms with E-state index >= 15 is 0 Å². The number of nitrogens with one attached hydrogen (secondary N) is 1. The smallest absolute Gasteiger partial charge is 0.0634 e. The minimum absolute atomic E-state index is 0.193. The van der Waals surface area contributed by atoms with Gasteiger partial charge in [0.1, 0.15) is 0 Å². The normalized spacial score (nSPS) is 14.9. The largest absolute Gasteiger partial charge is 0.396 e. The molecule has 0 saturated carbocycles. The Morgan fingerprint density at radius 1 is 1.53 bits per heavy atom. The van der Waals surface area contributed by atoms with Crippen molar-refractivity contribution in [2.75, 3.05) is 6.61 Å². The van der Waals surface area contributed by atoms with Crippen molar-refractivity contribution in [1.82, 2.24) is 10.3 Å². The number of aliphatic hydroxyl groups is 1. The highest BCUT2D eigenvalue weighted by Gasteiger charge is 2.10. The summed E-state index contributed by atoms with van der Waals surface area (Å²) in [5.74, 6) is 0.241. The van der Waals surface area contributed by atoms with Crippen molar-refractivity contribution >= 4 is 11.6 Å². The summed E-state index contributed by atoms with van der Waals surface area (Å²) in [4.78, 5) is 3.92. The molecule has 1 aromatic rings. The van der Waals surface area contributed by atoms with E-state index in [1.54, 1.807) is 12.4 Å². The molecule has 1 heterocycles. The quantitative estimate of drug-likeness (QED) is 0.809. The SMILES string of the molecule is CC(CO)C(C)NCc1ccncc1Cl. The van der Waals surface area contributed by atoms with Crippen molar-refractivity contribution in [2.45, 2.75) is 26.4 Å². The number of aliphatic hydroxyl groups excluding tert-OH is 1. The summed E-state index contributed by atoms with van der Waals surface area (Å²) < 4.78 is 0. The number of aromatic nitrogens is 1. The molecule has 0 amide bonds. The molecule has 0 aliphatic carbocycles. The fourth-order valence-corrected chi connectivity index (χ4v) is 1.36. The molecule has 15 heavy (non-hydrogen) atoms. The molecule has 2 N–H and O–H groups in total. The Balaban J connectivity index is 2.47. The van der Waals surface area contributed by atoms with E-state index in [1.165, 1.54) is 0 Å². The third-order valence-corrected chi connectivity index (χ3v) is 2.95. The number of hydrogen-bond donors (Lipinski definition) is 2. The van der Waals surface area contributed by atoms with Gasteiger partial charge in [0.15, 0.2) is 0 Å². The first kappa shape index (κ1) is 12.4. The zero-order valence-electron chi connectivity index (χ0n) is 9.07. The second kappa shape index (κ2) is 6.05. The van der Waals surface area contributed by atoms with Crippen LogP contribution in [0.15, 0.2) is 18.5 Å².